The third-order valence-electron chi connectivity index (χ3n) is 5.00. The highest BCUT2D eigenvalue weighted by atomic mass is 32.2. The van der Waals surface area contributed by atoms with Crippen molar-refractivity contribution in [2.75, 3.05) is 13.1 Å². The summed E-state index contributed by atoms with van der Waals surface area (Å²) in [4.78, 5) is 0.343. The molecule has 1 aromatic rings. The Bertz CT molecular complexity index is 679. The van der Waals surface area contributed by atoms with E-state index >= 15 is 0 Å². The molecule has 5 heteroatoms. The molecule has 4 nitrogen and oxygen atoms in total. The highest BCUT2D eigenvalue weighted by Crippen LogP contribution is 2.33. The van der Waals surface area contributed by atoms with Gasteiger partial charge in [0.2, 0.25) is 10.0 Å². The number of allylic oxidation sites excluding steroid dienone is 1. The van der Waals surface area contributed by atoms with E-state index in [0.717, 1.165) is 24.8 Å². The number of piperidine rings is 1. The molecule has 0 spiro atoms. The zero-order chi connectivity index (χ0) is 16.4. The van der Waals surface area contributed by atoms with Gasteiger partial charge in [0.1, 0.15) is 0 Å². The van der Waals surface area contributed by atoms with Gasteiger partial charge in [-0.05, 0) is 51.2 Å². The van der Waals surface area contributed by atoms with E-state index in [0.29, 0.717) is 24.4 Å². The van der Waals surface area contributed by atoms with Gasteiger partial charge < -0.3 is 5.11 Å². The van der Waals surface area contributed by atoms with Crippen molar-refractivity contribution in [1.82, 2.24) is 4.31 Å². The summed E-state index contributed by atoms with van der Waals surface area (Å²) in [6.45, 7) is 2.73. The molecule has 1 aliphatic heterocycles. The lowest BCUT2D eigenvalue weighted by Crippen LogP contribution is -2.46. The Labute approximate surface area is 138 Å². The van der Waals surface area contributed by atoms with Crippen molar-refractivity contribution < 1.29 is 13.5 Å². The zero-order valence-corrected chi connectivity index (χ0v) is 14.4. The smallest absolute Gasteiger partial charge is 0.243 e. The Hall–Kier alpha value is -1.17. The molecule has 1 heterocycles. The predicted octanol–water partition coefficient (Wildman–Crippen LogP) is 2.87. The number of benzene rings is 1. The van der Waals surface area contributed by atoms with Gasteiger partial charge in [0.15, 0.2) is 0 Å². The molecule has 1 fully saturated rings. The first-order chi connectivity index (χ1) is 11.0. The van der Waals surface area contributed by atoms with E-state index in [-0.39, 0.29) is 5.92 Å². The summed E-state index contributed by atoms with van der Waals surface area (Å²) < 4.78 is 27.3. The molecule has 2 aliphatic rings. The first-order valence-electron chi connectivity index (χ1n) is 8.42. The summed E-state index contributed by atoms with van der Waals surface area (Å²) in [5.41, 5.74) is 2.29. The van der Waals surface area contributed by atoms with Crippen molar-refractivity contribution in [2.45, 2.75) is 50.0 Å². The normalized spacial score (nSPS) is 26.8. The summed E-state index contributed by atoms with van der Waals surface area (Å²) >= 11 is 0. The monoisotopic (exact) mass is 335 g/mol. The third-order valence-corrected chi connectivity index (χ3v) is 6.88. The van der Waals surface area contributed by atoms with Gasteiger partial charge in [0.25, 0.3) is 0 Å². The molecule has 126 valence electrons. The van der Waals surface area contributed by atoms with Crippen LogP contribution in [0.3, 0.4) is 0 Å². The van der Waals surface area contributed by atoms with Crippen LogP contribution < -0.4 is 0 Å². The maximum atomic E-state index is 12.9. The average Bonchev–Trinajstić information content (AvgIpc) is 2.56. The van der Waals surface area contributed by atoms with Crippen molar-refractivity contribution in [3.05, 3.63) is 41.5 Å². The van der Waals surface area contributed by atoms with E-state index in [4.69, 9.17) is 0 Å². The molecule has 1 aliphatic carbocycles. The fourth-order valence-electron chi connectivity index (χ4n) is 3.55. The molecule has 0 saturated carbocycles. The minimum Gasteiger partial charge on any atom is -0.392 e. The Morgan fingerprint density at radius 2 is 1.91 bits per heavy atom. The lowest BCUT2D eigenvalue weighted by molar-refractivity contribution is 0.0684. The van der Waals surface area contributed by atoms with Gasteiger partial charge in [-0.1, -0.05) is 29.3 Å². The number of nitrogens with zero attached hydrogens (tertiary/aromatic N) is 1. The summed E-state index contributed by atoms with van der Waals surface area (Å²) in [7, 11) is -3.48. The van der Waals surface area contributed by atoms with E-state index in [1.807, 2.05) is 19.1 Å². The van der Waals surface area contributed by atoms with Crippen molar-refractivity contribution in [1.29, 1.82) is 0 Å². The van der Waals surface area contributed by atoms with Crippen LogP contribution in [0.1, 0.15) is 37.7 Å². The minimum atomic E-state index is -3.48. The molecular weight excluding hydrogens is 310 g/mol. The van der Waals surface area contributed by atoms with E-state index in [1.165, 1.54) is 12.0 Å². The fourth-order valence-corrected chi connectivity index (χ4v) is 5.03. The van der Waals surface area contributed by atoms with Gasteiger partial charge in [0, 0.05) is 19.0 Å². The topological polar surface area (TPSA) is 57.6 Å². The zero-order valence-electron chi connectivity index (χ0n) is 13.6. The molecular formula is C18H25NO3S. The van der Waals surface area contributed by atoms with Crippen LogP contribution in [0.25, 0.3) is 0 Å². The van der Waals surface area contributed by atoms with Gasteiger partial charge in [-0.3, -0.25) is 0 Å². The second-order valence-corrected chi connectivity index (χ2v) is 8.60. The summed E-state index contributed by atoms with van der Waals surface area (Å²) in [6.07, 6.45) is 6.65. The molecule has 0 aromatic heterocycles. The third kappa shape index (κ3) is 3.52. The molecule has 0 amide bonds. The molecule has 0 bridgehead atoms. The Kier molecular flexibility index (Phi) is 4.90. The number of hydrogen-bond acceptors (Lipinski definition) is 3. The molecule has 23 heavy (non-hydrogen) atoms. The van der Waals surface area contributed by atoms with Gasteiger partial charge in [-0.15, -0.1) is 0 Å². The van der Waals surface area contributed by atoms with Crippen LogP contribution in [-0.2, 0) is 10.0 Å². The van der Waals surface area contributed by atoms with Crippen LogP contribution in [0.2, 0.25) is 0 Å². The first kappa shape index (κ1) is 16.7. The SMILES string of the molecule is Cc1ccc(S(=O)(=O)N2CC[C@H](O)[C@H](C3=CCCCC3)C2)cc1. The molecule has 3 rings (SSSR count). The predicted molar refractivity (Wildman–Crippen MR) is 90.6 cm³/mol. The van der Waals surface area contributed by atoms with Gasteiger partial charge in [-0.2, -0.15) is 4.31 Å². The lowest BCUT2D eigenvalue weighted by atomic mass is 9.83. The Morgan fingerprint density at radius 3 is 2.57 bits per heavy atom. The largest absolute Gasteiger partial charge is 0.392 e. The van der Waals surface area contributed by atoms with Crippen LogP contribution in [0, 0.1) is 12.8 Å². The van der Waals surface area contributed by atoms with E-state index in [1.54, 1.807) is 16.4 Å². The van der Waals surface area contributed by atoms with Gasteiger partial charge in [-0.25, -0.2) is 8.42 Å². The van der Waals surface area contributed by atoms with Crippen molar-refractivity contribution in [2.24, 2.45) is 5.92 Å². The van der Waals surface area contributed by atoms with Crippen LogP contribution in [-0.4, -0.2) is 37.0 Å². The van der Waals surface area contributed by atoms with Gasteiger partial charge in [0.05, 0.1) is 11.0 Å². The van der Waals surface area contributed by atoms with Crippen LogP contribution in [0.4, 0.5) is 0 Å². The highest BCUT2D eigenvalue weighted by Gasteiger charge is 2.36. The second kappa shape index (κ2) is 6.75. The average molecular weight is 335 g/mol. The van der Waals surface area contributed by atoms with Crippen molar-refractivity contribution in [3.8, 4) is 0 Å². The number of aliphatic hydroxyl groups is 1. The highest BCUT2D eigenvalue weighted by molar-refractivity contribution is 7.89. The number of aliphatic hydroxyl groups excluding tert-OH is 1. The number of aryl methyl sites for hydroxylation is 1. The first-order valence-corrected chi connectivity index (χ1v) is 9.86. The van der Waals surface area contributed by atoms with Crippen molar-refractivity contribution >= 4 is 10.0 Å². The maximum absolute atomic E-state index is 12.9. The summed E-state index contributed by atoms with van der Waals surface area (Å²) in [5, 5.41) is 10.3. The van der Waals surface area contributed by atoms with E-state index in [2.05, 4.69) is 6.08 Å². The molecule has 0 unspecified atom stereocenters. The summed E-state index contributed by atoms with van der Waals surface area (Å²) in [6, 6.07) is 6.99. The summed E-state index contributed by atoms with van der Waals surface area (Å²) in [5.74, 6) is -0.0516. The second-order valence-electron chi connectivity index (χ2n) is 6.66. The maximum Gasteiger partial charge on any atom is 0.243 e. The van der Waals surface area contributed by atoms with Crippen LogP contribution in [0.15, 0.2) is 40.8 Å². The van der Waals surface area contributed by atoms with E-state index < -0.39 is 16.1 Å². The van der Waals surface area contributed by atoms with Crippen LogP contribution >= 0.6 is 0 Å². The standard InChI is InChI=1S/C18H25NO3S/c1-14-7-9-16(10-8-14)23(21,22)19-12-11-18(20)17(13-19)15-5-3-2-4-6-15/h5,7-10,17-18,20H,2-4,6,11-13H2,1H3/t17-,18-/m0/s1. The molecule has 2 atom stereocenters. The number of hydrogen-bond donors (Lipinski definition) is 1. The van der Waals surface area contributed by atoms with E-state index in [9.17, 15) is 13.5 Å². The minimum absolute atomic E-state index is 0.0516. The molecule has 0 radical (unpaired) electrons. The quantitative estimate of drug-likeness (QED) is 0.864. The molecule has 1 aromatic carbocycles. The molecule has 1 saturated heterocycles. The van der Waals surface area contributed by atoms with Crippen molar-refractivity contribution in [3.63, 3.8) is 0 Å². The number of sulfonamides is 1. The number of rotatable bonds is 3. The Morgan fingerprint density at radius 1 is 1.17 bits per heavy atom. The lowest BCUT2D eigenvalue weighted by Gasteiger charge is -2.37. The van der Waals surface area contributed by atoms with Gasteiger partial charge >= 0.3 is 0 Å². The fraction of sp³-hybridized carbons (Fsp3) is 0.556. The van der Waals surface area contributed by atoms with Crippen LogP contribution in [0.5, 0.6) is 0 Å². The Balaban J connectivity index is 1.82. The molecule has 1 N–H and O–H groups in total.